The van der Waals surface area contributed by atoms with Crippen LogP contribution in [0.15, 0.2) is 60.7 Å². The number of aromatic nitrogens is 1. The van der Waals surface area contributed by atoms with Crippen LogP contribution in [0.5, 0.6) is 0 Å². The average molecular weight is 345 g/mol. The number of pyridine rings is 1. The smallest absolute Gasteiger partial charge is 0.248 e. The van der Waals surface area contributed by atoms with Crippen molar-refractivity contribution < 1.29 is 13.2 Å². The molecule has 2 aromatic rings. The maximum atomic E-state index is 12.6. The van der Waals surface area contributed by atoms with Crippen molar-refractivity contribution in [1.29, 1.82) is 0 Å². The number of benzene rings is 1. The minimum absolute atomic E-state index is 0.0606. The standard InChI is InChI=1S/C21H22F3N/c1-14(13-15(2)21(22,23)24)18-7-6-8-19(25-18)16-9-11-17(12-10-16)20(3,4)5/h6-13H,2H2,1,3-5H3/b14-13+. The monoisotopic (exact) mass is 345 g/mol. The van der Waals surface area contributed by atoms with Crippen LogP contribution in [-0.4, -0.2) is 11.2 Å². The van der Waals surface area contributed by atoms with Gasteiger partial charge >= 0.3 is 6.18 Å². The first-order valence-electron chi connectivity index (χ1n) is 8.01. The van der Waals surface area contributed by atoms with E-state index in [1.54, 1.807) is 19.1 Å². The molecule has 1 aromatic heterocycles. The van der Waals surface area contributed by atoms with E-state index < -0.39 is 11.7 Å². The van der Waals surface area contributed by atoms with Gasteiger partial charge in [-0.25, -0.2) is 4.98 Å². The van der Waals surface area contributed by atoms with Gasteiger partial charge in [0.1, 0.15) is 0 Å². The number of halogens is 3. The van der Waals surface area contributed by atoms with Crippen LogP contribution < -0.4 is 0 Å². The topological polar surface area (TPSA) is 12.9 Å². The number of nitrogens with zero attached hydrogens (tertiary/aromatic N) is 1. The van der Waals surface area contributed by atoms with Crippen LogP contribution in [0.3, 0.4) is 0 Å². The van der Waals surface area contributed by atoms with Crippen LogP contribution in [0.2, 0.25) is 0 Å². The fraction of sp³-hybridized carbons (Fsp3) is 0.286. The molecule has 0 radical (unpaired) electrons. The van der Waals surface area contributed by atoms with Gasteiger partial charge in [0.05, 0.1) is 11.4 Å². The Labute approximate surface area is 146 Å². The van der Waals surface area contributed by atoms with Crippen LogP contribution in [0, 0.1) is 0 Å². The molecule has 1 nitrogen and oxygen atoms in total. The highest BCUT2D eigenvalue weighted by atomic mass is 19.4. The molecule has 25 heavy (non-hydrogen) atoms. The lowest BCUT2D eigenvalue weighted by Gasteiger charge is -2.19. The molecule has 2 rings (SSSR count). The van der Waals surface area contributed by atoms with E-state index in [1.165, 1.54) is 5.56 Å². The van der Waals surface area contributed by atoms with Gasteiger partial charge in [-0.05, 0) is 41.7 Å². The van der Waals surface area contributed by atoms with Crippen molar-refractivity contribution in [2.75, 3.05) is 0 Å². The van der Waals surface area contributed by atoms with E-state index in [0.717, 1.165) is 17.3 Å². The van der Waals surface area contributed by atoms with E-state index in [9.17, 15) is 13.2 Å². The van der Waals surface area contributed by atoms with Crippen molar-refractivity contribution >= 4 is 5.57 Å². The molecule has 0 aliphatic carbocycles. The third-order valence-electron chi connectivity index (χ3n) is 3.95. The number of hydrogen-bond acceptors (Lipinski definition) is 1. The molecule has 0 fully saturated rings. The lowest BCUT2D eigenvalue weighted by molar-refractivity contribution is -0.0877. The summed E-state index contributed by atoms with van der Waals surface area (Å²) < 4.78 is 37.9. The number of alkyl halides is 3. The Bertz CT molecular complexity index is 791. The summed E-state index contributed by atoms with van der Waals surface area (Å²) in [5.41, 5.74) is 2.97. The molecule has 0 spiro atoms. The fourth-order valence-corrected chi connectivity index (χ4v) is 2.37. The largest absolute Gasteiger partial charge is 0.415 e. The maximum absolute atomic E-state index is 12.6. The number of rotatable bonds is 3. The summed E-state index contributed by atoms with van der Waals surface area (Å²) >= 11 is 0. The maximum Gasteiger partial charge on any atom is 0.415 e. The van der Waals surface area contributed by atoms with Gasteiger partial charge in [-0.1, -0.05) is 57.7 Å². The summed E-state index contributed by atoms with van der Waals surface area (Å²) in [5, 5.41) is 0. The molecule has 4 heteroatoms. The van der Waals surface area contributed by atoms with Gasteiger partial charge in [0.15, 0.2) is 0 Å². The molecule has 0 unspecified atom stereocenters. The Balaban J connectivity index is 2.33. The summed E-state index contributed by atoms with van der Waals surface area (Å²) in [6.07, 6.45) is -3.41. The number of hydrogen-bond donors (Lipinski definition) is 0. The van der Waals surface area contributed by atoms with Crippen molar-refractivity contribution in [2.24, 2.45) is 0 Å². The Morgan fingerprint density at radius 2 is 1.60 bits per heavy atom. The first-order chi connectivity index (χ1) is 11.5. The highest BCUT2D eigenvalue weighted by molar-refractivity contribution is 5.67. The van der Waals surface area contributed by atoms with E-state index in [4.69, 9.17) is 0 Å². The van der Waals surface area contributed by atoms with Crippen molar-refractivity contribution in [3.8, 4) is 11.3 Å². The van der Waals surface area contributed by atoms with Gasteiger partial charge in [0.2, 0.25) is 0 Å². The summed E-state index contributed by atoms with van der Waals surface area (Å²) in [7, 11) is 0. The van der Waals surface area contributed by atoms with Crippen molar-refractivity contribution in [1.82, 2.24) is 4.98 Å². The molecule has 0 aliphatic rings. The third kappa shape index (κ3) is 4.81. The van der Waals surface area contributed by atoms with E-state index in [1.807, 2.05) is 18.2 Å². The minimum atomic E-state index is -4.43. The highest BCUT2D eigenvalue weighted by Gasteiger charge is 2.30. The first-order valence-corrected chi connectivity index (χ1v) is 8.01. The zero-order valence-corrected chi connectivity index (χ0v) is 14.9. The van der Waals surface area contributed by atoms with Crippen LogP contribution in [-0.2, 0) is 5.41 Å². The second-order valence-corrected chi connectivity index (χ2v) is 7.09. The van der Waals surface area contributed by atoms with Crippen LogP contribution in [0.1, 0.15) is 39.0 Å². The minimum Gasteiger partial charge on any atom is -0.248 e. The van der Waals surface area contributed by atoms with Crippen molar-refractivity contribution in [3.05, 3.63) is 72.0 Å². The van der Waals surface area contributed by atoms with Crippen LogP contribution >= 0.6 is 0 Å². The van der Waals surface area contributed by atoms with Crippen LogP contribution in [0.4, 0.5) is 13.2 Å². The van der Waals surface area contributed by atoms with Crippen molar-refractivity contribution in [3.63, 3.8) is 0 Å². The first kappa shape index (κ1) is 19.0. The van der Waals surface area contributed by atoms with E-state index in [-0.39, 0.29) is 5.41 Å². The highest BCUT2D eigenvalue weighted by Crippen LogP contribution is 2.29. The van der Waals surface area contributed by atoms with Crippen molar-refractivity contribution in [2.45, 2.75) is 39.3 Å². The normalized spacial score (nSPS) is 13.0. The summed E-state index contributed by atoms with van der Waals surface area (Å²) in [5.74, 6) is 0. The molecule has 0 saturated heterocycles. The number of allylic oxidation sites excluding steroid dienone is 3. The van der Waals surface area contributed by atoms with Gasteiger partial charge in [-0.15, -0.1) is 0 Å². The molecule has 132 valence electrons. The zero-order valence-electron chi connectivity index (χ0n) is 14.9. The van der Waals surface area contributed by atoms with Gasteiger partial charge in [-0.3, -0.25) is 0 Å². The lowest BCUT2D eigenvalue weighted by Crippen LogP contribution is -2.10. The molecule has 0 N–H and O–H groups in total. The summed E-state index contributed by atoms with van der Waals surface area (Å²) in [6, 6.07) is 13.4. The van der Waals surface area contributed by atoms with E-state index in [2.05, 4.69) is 44.5 Å². The Morgan fingerprint density at radius 1 is 1.00 bits per heavy atom. The molecular formula is C21H22F3N. The predicted molar refractivity (Wildman–Crippen MR) is 97.2 cm³/mol. The van der Waals surface area contributed by atoms with E-state index >= 15 is 0 Å². The molecule has 0 bridgehead atoms. The van der Waals surface area contributed by atoms with Gasteiger partial charge in [0.25, 0.3) is 0 Å². The summed E-state index contributed by atoms with van der Waals surface area (Å²) in [4.78, 5) is 4.49. The Morgan fingerprint density at radius 3 is 2.12 bits per heavy atom. The SMILES string of the molecule is C=C(/C=C(\C)c1cccc(-c2ccc(C(C)(C)C)cc2)n1)C(F)(F)F. The Hall–Kier alpha value is -2.36. The second kappa shape index (κ2) is 6.87. The molecular weight excluding hydrogens is 323 g/mol. The van der Waals surface area contributed by atoms with Crippen LogP contribution in [0.25, 0.3) is 16.8 Å². The molecule has 0 atom stereocenters. The summed E-state index contributed by atoms with van der Waals surface area (Å²) in [6.45, 7) is 11.1. The zero-order chi connectivity index (χ0) is 18.8. The quantitative estimate of drug-likeness (QED) is 0.573. The van der Waals surface area contributed by atoms with Gasteiger partial charge in [0, 0.05) is 11.1 Å². The Kier molecular flexibility index (Phi) is 5.21. The molecule has 1 aromatic carbocycles. The molecule has 0 saturated carbocycles. The third-order valence-corrected chi connectivity index (χ3v) is 3.95. The molecule has 0 amide bonds. The predicted octanol–water partition coefficient (Wildman–Crippen LogP) is 6.57. The van der Waals surface area contributed by atoms with Gasteiger partial charge in [-0.2, -0.15) is 13.2 Å². The lowest BCUT2D eigenvalue weighted by atomic mass is 9.86. The molecule has 1 heterocycles. The molecule has 0 aliphatic heterocycles. The van der Waals surface area contributed by atoms with Gasteiger partial charge < -0.3 is 0 Å². The second-order valence-electron chi connectivity index (χ2n) is 7.09. The fourth-order valence-electron chi connectivity index (χ4n) is 2.37. The average Bonchev–Trinajstić information content (AvgIpc) is 2.53. The van der Waals surface area contributed by atoms with E-state index in [0.29, 0.717) is 11.3 Å².